The van der Waals surface area contributed by atoms with Gasteiger partial charge in [0.2, 0.25) is 10.0 Å². The van der Waals surface area contributed by atoms with Crippen LogP contribution in [0.15, 0.2) is 0 Å². The fourth-order valence-corrected chi connectivity index (χ4v) is 2.97. The molecule has 0 amide bonds. The maximum absolute atomic E-state index is 11.7. The molecule has 0 aromatic carbocycles. The van der Waals surface area contributed by atoms with Gasteiger partial charge in [-0.2, -0.15) is 0 Å². The lowest BCUT2D eigenvalue weighted by molar-refractivity contribution is 0.241. The number of rotatable bonds is 3. The summed E-state index contributed by atoms with van der Waals surface area (Å²) in [5.74, 6) is 1.35. The van der Waals surface area contributed by atoms with E-state index >= 15 is 0 Å². The van der Waals surface area contributed by atoms with Crippen molar-refractivity contribution in [3.05, 3.63) is 0 Å². The van der Waals surface area contributed by atoms with Gasteiger partial charge in [-0.3, -0.25) is 0 Å². The minimum absolute atomic E-state index is 0.156. The molecule has 0 aromatic rings. The standard InChI is InChI=1S/C11H23NO2S/c1-8(2)15(13,14)12-11-6-5-9(3)10(4)7-11/h8-12H,5-7H2,1-4H3. The van der Waals surface area contributed by atoms with Gasteiger partial charge in [-0.05, 0) is 44.9 Å². The monoisotopic (exact) mass is 233 g/mol. The third-order valence-corrected chi connectivity index (χ3v) is 5.45. The van der Waals surface area contributed by atoms with Crippen LogP contribution >= 0.6 is 0 Å². The Morgan fingerprint density at radius 1 is 1.13 bits per heavy atom. The number of sulfonamides is 1. The van der Waals surface area contributed by atoms with Crippen molar-refractivity contribution in [3.63, 3.8) is 0 Å². The van der Waals surface area contributed by atoms with E-state index in [1.807, 2.05) is 0 Å². The van der Waals surface area contributed by atoms with Gasteiger partial charge in [0.1, 0.15) is 0 Å². The largest absolute Gasteiger partial charge is 0.214 e. The average molecular weight is 233 g/mol. The first kappa shape index (κ1) is 13.0. The van der Waals surface area contributed by atoms with E-state index in [0.717, 1.165) is 25.2 Å². The van der Waals surface area contributed by atoms with Crippen molar-refractivity contribution in [2.75, 3.05) is 0 Å². The van der Waals surface area contributed by atoms with Crippen LogP contribution in [-0.2, 0) is 10.0 Å². The first-order valence-electron chi connectivity index (χ1n) is 5.84. The Morgan fingerprint density at radius 2 is 1.73 bits per heavy atom. The lowest BCUT2D eigenvalue weighted by Gasteiger charge is -2.32. The van der Waals surface area contributed by atoms with Gasteiger partial charge in [0, 0.05) is 6.04 Å². The Morgan fingerprint density at radius 3 is 2.20 bits per heavy atom. The third-order valence-electron chi connectivity index (χ3n) is 3.55. The van der Waals surface area contributed by atoms with E-state index in [1.54, 1.807) is 13.8 Å². The minimum Gasteiger partial charge on any atom is -0.212 e. The number of nitrogens with one attached hydrogen (secondary N) is 1. The highest BCUT2D eigenvalue weighted by molar-refractivity contribution is 7.90. The second-order valence-electron chi connectivity index (χ2n) is 5.18. The van der Waals surface area contributed by atoms with Crippen molar-refractivity contribution in [2.45, 2.75) is 58.2 Å². The molecule has 90 valence electrons. The molecular formula is C11H23NO2S. The van der Waals surface area contributed by atoms with Crippen LogP contribution in [0, 0.1) is 11.8 Å². The van der Waals surface area contributed by atoms with E-state index in [9.17, 15) is 8.42 Å². The molecule has 3 atom stereocenters. The van der Waals surface area contributed by atoms with E-state index in [2.05, 4.69) is 18.6 Å². The summed E-state index contributed by atoms with van der Waals surface area (Å²) in [6.45, 7) is 7.90. The summed E-state index contributed by atoms with van der Waals surface area (Å²) in [4.78, 5) is 0. The molecule has 0 radical (unpaired) electrons. The van der Waals surface area contributed by atoms with Crippen LogP contribution in [0.1, 0.15) is 47.0 Å². The zero-order valence-electron chi connectivity index (χ0n) is 10.2. The smallest absolute Gasteiger partial charge is 0.212 e. The van der Waals surface area contributed by atoms with Gasteiger partial charge in [-0.1, -0.05) is 13.8 Å². The van der Waals surface area contributed by atoms with E-state index < -0.39 is 10.0 Å². The lowest BCUT2D eigenvalue weighted by atomic mass is 9.79. The first-order chi connectivity index (χ1) is 6.83. The summed E-state index contributed by atoms with van der Waals surface area (Å²) in [7, 11) is -3.09. The first-order valence-corrected chi connectivity index (χ1v) is 7.38. The molecule has 1 saturated carbocycles. The zero-order chi connectivity index (χ0) is 11.6. The van der Waals surface area contributed by atoms with Crippen LogP contribution in [-0.4, -0.2) is 19.7 Å². The Balaban J connectivity index is 2.54. The molecule has 1 fully saturated rings. The van der Waals surface area contributed by atoms with Gasteiger partial charge in [0.05, 0.1) is 5.25 Å². The topological polar surface area (TPSA) is 46.2 Å². The summed E-state index contributed by atoms with van der Waals surface area (Å²) in [5.41, 5.74) is 0. The van der Waals surface area contributed by atoms with E-state index in [4.69, 9.17) is 0 Å². The molecule has 1 rings (SSSR count). The van der Waals surface area contributed by atoms with E-state index in [0.29, 0.717) is 5.92 Å². The average Bonchev–Trinajstić information content (AvgIpc) is 2.10. The second kappa shape index (κ2) is 4.83. The van der Waals surface area contributed by atoms with Crippen LogP contribution in [0.4, 0.5) is 0 Å². The predicted molar refractivity (Wildman–Crippen MR) is 63.2 cm³/mol. The Kier molecular flexibility index (Phi) is 4.18. The normalized spacial score (nSPS) is 33.3. The summed E-state index contributed by atoms with van der Waals surface area (Å²) >= 11 is 0. The van der Waals surface area contributed by atoms with E-state index in [1.165, 1.54) is 0 Å². The third kappa shape index (κ3) is 3.45. The fraction of sp³-hybridized carbons (Fsp3) is 1.00. The predicted octanol–water partition coefficient (Wildman–Crippen LogP) is 2.14. The maximum Gasteiger partial charge on any atom is 0.214 e. The number of hydrogen-bond acceptors (Lipinski definition) is 2. The van der Waals surface area contributed by atoms with Gasteiger partial charge in [0.25, 0.3) is 0 Å². The summed E-state index contributed by atoms with van der Waals surface area (Å²) in [6.07, 6.45) is 3.09. The van der Waals surface area contributed by atoms with Crippen LogP contribution in [0.25, 0.3) is 0 Å². The molecule has 15 heavy (non-hydrogen) atoms. The quantitative estimate of drug-likeness (QED) is 0.812. The van der Waals surface area contributed by atoms with Crippen molar-refractivity contribution in [3.8, 4) is 0 Å². The SMILES string of the molecule is CC1CCC(NS(=O)(=O)C(C)C)CC1C. The number of hydrogen-bond donors (Lipinski definition) is 1. The van der Waals surface area contributed by atoms with Crippen LogP contribution < -0.4 is 4.72 Å². The Bertz CT molecular complexity index is 298. The van der Waals surface area contributed by atoms with Gasteiger partial charge in [-0.25, -0.2) is 13.1 Å². The molecule has 1 N–H and O–H groups in total. The van der Waals surface area contributed by atoms with Crippen LogP contribution in [0.2, 0.25) is 0 Å². The molecule has 3 unspecified atom stereocenters. The van der Waals surface area contributed by atoms with Gasteiger partial charge >= 0.3 is 0 Å². The van der Waals surface area contributed by atoms with Gasteiger partial charge < -0.3 is 0 Å². The molecule has 0 aromatic heterocycles. The van der Waals surface area contributed by atoms with Crippen molar-refractivity contribution in [1.82, 2.24) is 4.72 Å². The minimum atomic E-state index is -3.09. The van der Waals surface area contributed by atoms with Gasteiger partial charge in [0.15, 0.2) is 0 Å². The zero-order valence-corrected chi connectivity index (χ0v) is 11.0. The highest BCUT2D eigenvalue weighted by Crippen LogP contribution is 2.29. The van der Waals surface area contributed by atoms with Crippen LogP contribution in [0.3, 0.4) is 0 Å². The van der Waals surface area contributed by atoms with Crippen molar-refractivity contribution >= 4 is 10.0 Å². The summed E-state index contributed by atoms with van der Waals surface area (Å²) < 4.78 is 26.2. The van der Waals surface area contributed by atoms with Crippen molar-refractivity contribution < 1.29 is 8.42 Å². The maximum atomic E-state index is 11.7. The molecular weight excluding hydrogens is 210 g/mol. The molecule has 1 aliphatic carbocycles. The molecule has 0 spiro atoms. The lowest BCUT2D eigenvalue weighted by Crippen LogP contribution is -2.42. The molecule has 0 saturated heterocycles. The summed E-state index contributed by atoms with van der Waals surface area (Å²) in [5, 5.41) is -0.327. The van der Waals surface area contributed by atoms with Gasteiger partial charge in [-0.15, -0.1) is 0 Å². The molecule has 1 aliphatic rings. The Hall–Kier alpha value is -0.0900. The van der Waals surface area contributed by atoms with Crippen LogP contribution in [0.5, 0.6) is 0 Å². The fourth-order valence-electron chi connectivity index (χ4n) is 2.02. The Labute approximate surface area is 93.7 Å². The molecule has 3 nitrogen and oxygen atoms in total. The molecule has 0 aliphatic heterocycles. The summed E-state index contributed by atoms with van der Waals surface area (Å²) in [6, 6.07) is 0.156. The highest BCUT2D eigenvalue weighted by Gasteiger charge is 2.28. The second-order valence-corrected chi connectivity index (χ2v) is 7.44. The molecule has 0 heterocycles. The van der Waals surface area contributed by atoms with Crippen molar-refractivity contribution in [1.29, 1.82) is 0 Å². The molecule has 4 heteroatoms. The highest BCUT2D eigenvalue weighted by atomic mass is 32.2. The van der Waals surface area contributed by atoms with E-state index in [-0.39, 0.29) is 11.3 Å². The molecule has 0 bridgehead atoms. The van der Waals surface area contributed by atoms with Crippen molar-refractivity contribution in [2.24, 2.45) is 11.8 Å².